The Labute approximate surface area is 239 Å². The lowest BCUT2D eigenvalue weighted by molar-refractivity contribution is -0.143. The van der Waals surface area contributed by atoms with Crippen LogP contribution in [0.5, 0.6) is 0 Å². The number of carbonyl (C=O) groups excluding carboxylic acids is 1. The van der Waals surface area contributed by atoms with E-state index in [1.165, 1.54) is 0 Å². The van der Waals surface area contributed by atoms with Crippen LogP contribution in [0.2, 0.25) is 0 Å². The Kier molecular flexibility index (Phi) is 8.41. The van der Waals surface area contributed by atoms with Crippen LogP contribution in [0.25, 0.3) is 0 Å². The largest absolute Gasteiger partial charge is 0.479 e. The summed E-state index contributed by atoms with van der Waals surface area (Å²) in [5.41, 5.74) is 2.77. The number of para-hydroxylation sites is 1. The molecule has 5 rings (SSSR count). The molecule has 1 aromatic heterocycles. The highest BCUT2D eigenvalue weighted by Gasteiger charge is 2.40. The molecule has 5 aromatic rings. The Balaban J connectivity index is 1.69. The minimum Gasteiger partial charge on any atom is -0.479 e. The van der Waals surface area contributed by atoms with Crippen LogP contribution in [0, 0.1) is 0 Å². The SMILES string of the molecule is O=C(Nc1ccccc1C(=NC(Cc1ccccc1)(Cc1ccccc1)C(=O)O)c1ccccc1)c1ccccn1. The topological polar surface area (TPSA) is 91.7 Å². The first-order valence-corrected chi connectivity index (χ1v) is 13.3. The lowest BCUT2D eigenvalue weighted by atomic mass is 9.84. The van der Waals surface area contributed by atoms with Crippen LogP contribution in [0.4, 0.5) is 5.69 Å². The van der Waals surface area contributed by atoms with Gasteiger partial charge in [-0.25, -0.2) is 4.79 Å². The molecular weight excluding hydrogens is 510 g/mol. The molecule has 0 saturated carbocycles. The number of aliphatic carboxylic acids is 1. The summed E-state index contributed by atoms with van der Waals surface area (Å²) in [6.45, 7) is 0. The molecule has 0 fully saturated rings. The van der Waals surface area contributed by atoms with E-state index >= 15 is 0 Å². The highest BCUT2D eigenvalue weighted by atomic mass is 16.4. The molecule has 41 heavy (non-hydrogen) atoms. The number of hydrogen-bond acceptors (Lipinski definition) is 4. The van der Waals surface area contributed by atoms with Crippen LogP contribution >= 0.6 is 0 Å². The Morgan fingerprint density at radius 1 is 0.683 bits per heavy atom. The van der Waals surface area contributed by atoms with Crippen LogP contribution in [0.15, 0.2) is 145 Å². The molecule has 0 radical (unpaired) electrons. The molecule has 0 aliphatic rings. The first kappa shape index (κ1) is 27.2. The summed E-state index contributed by atoms with van der Waals surface area (Å²) in [5.74, 6) is -1.41. The predicted molar refractivity (Wildman–Crippen MR) is 161 cm³/mol. The van der Waals surface area contributed by atoms with Crippen LogP contribution in [-0.4, -0.2) is 33.2 Å². The number of aliphatic imine (C=N–C) groups is 1. The Bertz CT molecular complexity index is 1600. The molecule has 0 spiro atoms. The van der Waals surface area contributed by atoms with E-state index in [-0.39, 0.29) is 24.4 Å². The number of hydrogen-bond donors (Lipinski definition) is 2. The van der Waals surface area contributed by atoms with Gasteiger partial charge in [0, 0.05) is 30.2 Å². The number of nitrogens with one attached hydrogen (secondary N) is 1. The molecule has 1 heterocycles. The number of amides is 1. The van der Waals surface area contributed by atoms with Crippen molar-refractivity contribution in [2.75, 3.05) is 5.32 Å². The van der Waals surface area contributed by atoms with Crippen molar-refractivity contribution in [1.29, 1.82) is 0 Å². The minimum absolute atomic E-state index is 0.177. The van der Waals surface area contributed by atoms with E-state index in [2.05, 4.69) is 10.3 Å². The second kappa shape index (κ2) is 12.7. The summed E-state index contributed by atoms with van der Waals surface area (Å²) in [7, 11) is 0. The van der Waals surface area contributed by atoms with Gasteiger partial charge in [-0.3, -0.25) is 14.8 Å². The lowest BCUT2D eigenvalue weighted by Crippen LogP contribution is -2.42. The fourth-order valence-electron chi connectivity index (χ4n) is 4.78. The van der Waals surface area contributed by atoms with Gasteiger partial charge in [-0.15, -0.1) is 0 Å². The van der Waals surface area contributed by atoms with Gasteiger partial charge in [0.1, 0.15) is 5.69 Å². The fraction of sp³-hybridized carbons (Fsp3) is 0.0857. The van der Waals surface area contributed by atoms with Crippen molar-refractivity contribution in [1.82, 2.24) is 4.98 Å². The molecule has 0 unspecified atom stereocenters. The first-order chi connectivity index (χ1) is 20.0. The van der Waals surface area contributed by atoms with E-state index in [1.807, 2.05) is 109 Å². The maximum absolute atomic E-state index is 13.3. The van der Waals surface area contributed by atoms with Gasteiger partial charge < -0.3 is 10.4 Å². The number of carboxylic acid groups (broad SMARTS) is 1. The molecule has 0 bridgehead atoms. The molecule has 6 nitrogen and oxygen atoms in total. The molecule has 1 amide bonds. The van der Waals surface area contributed by atoms with E-state index in [1.54, 1.807) is 30.5 Å². The smallest absolute Gasteiger partial charge is 0.332 e. The molecular formula is C35H29N3O3. The highest BCUT2D eigenvalue weighted by molar-refractivity contribution is 6.18. The Morgan fingerprint density at radius 3 is 1.78 bits per heavy atom. The third kappa shape index (κ3) is 6.62. The molecule has 0 atom stereocenters. The van der Waals surface area contributed by atoms with Crippen molar-refractivity contribution in [3.05, 3.63) is 168 Å². The van der Waals surface area contributed by atoms with Gasteiger partial charge in [0.25, 0.3) is 5.91 Å². The van der Waals surface area contributed by atoms with Crippen LogP contribution in [-0.2, 0) is 17.6 Å². The zero-order chi connectivity index (χ0) is 28.5. The molecule has 0 aliphatic heterocycles. The van der Waals surface area contributed by atoms with Gasteiger partial charge in [0.15, 0.2) is 5.54 Å². The first-order valence-electron chi connectivity index (χ1n) is 13.3. The molecule has 4 aromatic carbocycles. The zero-order valence-corrected chi connectivity index (χ0v) is 22.4. The fourth-order valence-corrected chi connectivity index (χ4v) is 4.78. The average Bonchev–Trinajstić information content (AvgIpc) is 3.02. The number of carboxylic acids is 1. The average molecular weight is 540 g/mol. The van der Waals surface area contributed by atoms with E-state index in [0.717, 1.165) is 16.7 Å². The molecule has 0 aliphatic carbocycles. The quantitative estimate of drug-likeness (QED) is 0.199. The summed E-state index contributed by atoms with van der Waals surface area (Å²) in [6.07, 6.45) is 1.92. The Morgan fingerprint density at radius 2 is 1.22 bits per heavy atom. The van der Waals surface area contributed by atoms with Crippen molar-refractivity contribution < 1.29 is 14.7 Å². The minimum atomic E-state index is -1.54. The van der Waals surface area contributed by atoms with E-state index < -0.39 is 11.5 Å². The van der Waals surface area contributed by atoms with Crippen molar-refractivity contribution in [2.24, 2.45) is 4.99 Å². The van der Waals surface area contributed by atoms with Gasteiger partial charge >= 0.3 is 5.97 Å². The zero-order valence-electron chi connectivity index (χ0n) is 22.4. The van der Waals surface area contributed by atoms with Crippen LogP contribution in [0.3, 0.4) is 0 Å². The van der Waals surface area contributed by atoms with Gasteiger partial charge in [-0.1, -0.05) is 115 Å². The molecule has 0 saturated heterocycles. The van der Waals surface area contributed by atoms with Gasteiger partial charge in [0.05, 0.1) is 11.4 Å². The number of benzene rings is 4. The number of aromatic nitrogens is 1. The highest BCUT2D eigenvalue weighted by Crippen LogP contribution is 2.29. The van der Waals surface area contributed by atoms with Gasteiger partial charge in [-0.2, -0.15) is 0 Å². The maximum Gasteiger partial charge on any atom is 0.332 e. The van der Waals surface area contributed by atoms with E-state index in [4.69, 9.17) is 4.99 Å². The lowest BCUT2D eigenvalue weighted by Gasteiger charge is -2.28. The second-order valence-corrected chi connectivity index (χ2v) is 9.70. The normalized spacial score (nSPS) is 11.6. The van der Waals surface area contributed by atoms with Crippen molar-refractivity contribution >= 4 is 23.3 Å². The predicted octanol–water partition coefficient (Wildman–Crippen LogP) is 6.48. The number of rotatable bonds is 10. The van der Waals surface area contributed by atoms with Crippen molar-refractivity contribution in [3.8, 4) is 0 Å². The molecule has 2 N–H and O–H groups in total. The molecule has 202 valence electrons. The summed E-state index contributed by atoms with van der Waals surface area (Å²) >= 11 is 0. The summed E-state index contributed by atoms with van der Waals surface area (Å²) < 4.78 is 0. The van der Waals surface area contributed by atoms with Gasteiger partial charge in [-0.05, 0) is 29.3 Å². The number of nitrogens with zero attached hydrogens (tertiary/aromatic N) is 2. The van der Waals surface area contributed by atoms with E-state index in [9.17, 15) is 14.7 Å². The van der Waals surface area contributed by atoms with Crippen molar-refractivity contribution in [2.45, 2.75) is 18.4 Å². The third-order valence-corrected chi connectivity index (χ3v) is 6.78. The standard InChI is InChI=1S/C35H29N3O3/c39-33(31-22-12-13-23-36-31)37-30-21-11-10-20-29(30)32(28-18-8-3-9-19-28)38-35(34(40)41,24-26-14-4-1-5-15-26)25-27-16-6-2-7-17-27/h1-23H,24-25H2,(H,37,39)(H,40,41). The maximum atomic E-state index is 13.3. The molecule has 6 heteroatoms. The van der Waals surface area contributed by atoms with Crippen LogP contribution in [0.1, 0.15) is 32.7 Å². The monoisotopic (exact) mass is 539 g/mol. The number of carbonyl (C=O) groups is 2. The third-order valence-electron chi connectivity index (χ3n) is 6.78. The summed E-state index contributed by atoms with van der Waals surface area (Å²) in [5, 5.41) is 13.8. The van der Waals surface area contributed by atoms with Crippen LogP contribution < -0.4 is 5.32 Å². The Hall–Kier alpha value is -5.36. The second-order valence-electron chi connectivity index (χ2n) is 9.70. The van der Waals surface area contributed by atoms with E-state index in [0.29, 0.717) is 17.0 Å². The summed E-state index contributed by atoms with van der Waals surface area (Å²) in [6, 6.07) is 41.0. The van der Waals surface area contributed by atoms with Crippen molar-refractivity contribution in [3.63, 3.8) is 0 Å². The number of pyridine rings is 1. The summed E-state index contributed by atoms with van der Waals surface area (Å²) in [4.78, 5) is 35.7. The number of anilines is 1. The van der Waals surface area contributed by atoms with Gasteiger partial charge in [0.2, 0.25) is 0 Å².